The standard InChI is InChI=1S/C16H17NO3/c1-11-9-13(16(19)20)7-8-14(11)17-15(10-18)12-5-3-2-4-6-12/h2-9,15,17-18H,10H2,1H3,(H,19,20). The van der Waals surface area contributed by atoms with Gasteiger partial charge in [-0.15, -0.1) is 0 Å². The summed E-state index contributed by atoms with van der Waals surface area (Å²) in [5.41, 5.74) is 2.89. The Bertz CT molecular complexity index is 596. The van der Waals surface area contributed by atoms with Crippen LogP contribution in [0.15, 0.2) is 48.5 Å². The number of aliphatic hydroxyl groups excluding tert-OH is 1. The molecule has 0 radical (unpaired) electrons. The lowest BCUT2D eigenvalue weighted by Gasteiger charge is -2.19. The van der Waals surface area contributed by atoms with Gasteiger partial charge in [0.05, 0.1) is 18.2 Å². The van der Waals surface area contributed by atoms with Crippen LogP contribution in [0.4, 0.5) is 5.69 Å². The Balaban J connectivity index is 2.22. The molecule has 0 bridgehead atoms. The van der Waals surface area contributed by atoms with Crippen molar-refractivity contribution in [2.24, 2.45) is 0 Å². The lowest BCUT2D eigenvalue weighted by atomic mass is 10.1. The predicted molar refractivity (Wildman–Crippen MR) is 78.0 cm³/mol. The summed E-state index contributed by atoms with van der Waals surface area (Å²) in [6.45, 7) is 1.80. The van der Waals surface area contributed by atoms with E-state index in [0.29, 0.717) is 0 Å². The van der Waals surface area contributed by atoms with Crippen molar-refractivity contribution in [2.45, 2.75) is 13.0 Å². The normalized spacial score (nSPS) is 11.9. The van der Waals surface area contributed by atoms with Crippen LogP contribution in [0.5, 0.6) is 0 Å². The number of carboxylic acids is 1. The Kier molecular flexibility index (Phi) is 4.38. The zero-order valence-corrected chi connectivity index (χ0v) is 11.2. The van der Waals surface area contributed by atoms with Crippen molar-refractivity contribution < 1.29 is 15.0 Å². The van der Waals surface area contributed by atoms with Crippen LogP contribution in [0.1, 0.15) is 27.5 Å². The van der Waals surface area contributed by atoms with Gasteiger partial charge in [0.25, 0.3) is 0 Å². The molecule has 4 heteroatoms. The maximum atomic E-state index is 10.9. The molecule has 104 valence electrons. The molecule has 0 spiro atoms. The second-order valence-corrected chi connectivity index (χ2v) is 4.63. The molecule has 2 aromatic rings. The van der Waals surface area contributed by atoms with Crippen molar-refractivity contribution in [2.75, 3.05) is 11.9 Å². The summed E-state index contributed by atoms with van der Waals surface area (Å²) >= 11 is 0. The molecular weight excluding hydrogens is 254 g/mol. The van der Waals surface area contributed by atoms with Crippen LogP contribution in [0.25, 0.3) is 0 Å². The fraction of sp³-hybridized carbons (Fsp3) is 0.188. The van der Waals surface area contributed by atoms with Gasteiger partial charge >= 0.3 is 5.97 Å². The fourth-order valence-corrected chi connectivity index (χ4v) is 2.07. The van der Waals surface area contributed by atoms with E-state index in [1.165, 1.54) is 0 Å². The van der Waals surface area contributed by atoms with Crippen LogP contribution in [0.2, 0.25) is 0 Å². The molecule has 0 aliphatic heterocycles. The largest absolute Gasteiger partial charge is 0.478 e. The van der Waals surface area contributed by atoms with Gasteiger partial charge in [0.1, 0.15) is 0 Å². The highest BCUT2D eigenvalue weighted by Crippen LogP contribution is 2.23. The van der Waals surface area contributed by atoms with Gasteiger partial charge in [-0.3, -0.25) is 0 Å². The monoisotopic (exact) mass is 271 g/mol. The number of aromatic carboxylic acids is 1. The lowest BCUT2D eigenvalue weighted by molar-refractivity contribution is 0.0697. The summed E-state index contributed by atoms with van der Waals surface area (Å²) in [6, 6.07) is 14.3. The minimum absolute atomic E-state index is 0.0376. The Morgan fingerprint density at radius 3 is 2.45 bits per heavy atom. The summed E-state index contributed by atoms with van der Waals surface area (Å²) in [6.07, 6.45) is 0. The first kappa shape index (κ1) is 14.1. The third-order valence-electron chi connectivity index (χ3n) is 3.19. The number of hydrogen-bond acceptors (Lipinski definition) is 3. The van der Waals surface area contributed by atoms with E-state index in [0.717, 1.165) is 16.8 Å². The molecule has 20 heavy (non-hydrogen) atoms. The van der Waals surface area contributed by atoms with Crippen LogP contribution in [0.3, 0.4) is 0 Å². The smallest absolute Gasteiger partial charge is 0.335 e. The van der Waals surface area contributed by atoms with E-state index in [4.69, 9.17) is 5.11 Å². The quantitative estimate of drug-likeness (QED) is 0.782. The minimum Gasteiger partial charge on any atom is -0.478 e. The number of anilines is 1. The Morgan fingerprint density at radius 1 is 1.20 bits per heavy atom. The van der Waals surface area contributed by atoms with Gasteiger partial charge in [-0.05, 0) is 36.2 Å². The van der Waals surface area contributed by atoms with E-state index in [9.17, 15) is 9.90 Å². The molecule has 0 aliphatic carbocycles. The van der Waals surface area contributed by atoms with Crippen LogP contribution < -0.4 is 5.32 Å². The van der Waals surface area contributed by atoms with Gasteiger partial charge in [0.15, 0.2) is 0 Å². The molecule has 1 unspecified atom stereocenters. The molecule has 1 atom stereocenters. The van der Waals surface area contributed by atoms with Gasteiger partial charge < -0.3 is 15.5 Å². The minimum atomic E-state index is -0.943. The van der Waals surface area contributed by atoms with Crippen molar-refractivity contribution in [3.8, 4) is 0 Å². The molecule has 4 nitrogen and oxygen atoms in total. The zero-order valence-electron chi connectivity index (χ0n) is 11.2. The first-order chi connectivity index (χ1) is 9.61. The summed E-state index contributed by atoms with van der Waals surface area (Å²) in [5, 5.41) is 21.7. The van der Waals surface area contributed by atoms with E-state index < -0.39 is 5.97 Å². The van der Waals surface area contributed by atoms with E-state index in [1.54, 1.807) is 18.2 Å². The maximum Gasteiger partial charge on any atom is 0.335 e. The molecule has 0 fully saturated rings. The third-order valence-corrected chi connectivity index (χ3v) is 3.19. The summed E-state index contributed by atoms with van der Waals surface area (Å²) in [5.74, 6) is -0.943. The topological polar surface area (TPSA) is 69.6 Å². The number of carboxylic acid groups (broad SMARTS) is 1. The first-order valence-corrected chi connectivity index (χ1v) is 6.38. The molecule has 3 N–H and O–H groups in total. The maximum absolute atomic E-state index is 10.9. The lowest BCUT2D eigenvalue weighted by Crippen LogP contribution is -2.15. The van der Waals surface area contributed by atoms with Gasteiger partial charge in [0.2, 0.25) is 0 Å². The zero-order chi connectivity index (χ0) is 14.5. The first-order valence-electron chi connectivity index (χ1n) is 6.38. The fourth-order valence-electron chi connectivity index (χ4n) is 2.07. The molecule has 0 aromatic heterocycles. The van der Waals surface area contributed by atoms with Crippen molar-refractivity contribution in [3.05, 3.63) is 65.2 Å². The van der Waals surface area contributed by atoms with E-state index in [2.05, 4.69) is 5.32 Å². The third kappa shape index (κ3) is 3.16. The highest BCUT2D eigenvalue weighted by atomic mass is 16.4. The number of carbonyl (C=O) groups is 1. The molecule has 0 heterocycles. The molecule has 0 saturated carbocycles. The second kappa shape index (κ2) is 6.21. The van der Waals surface area contributed by atoms with Crippen molar-refractivity contribution in [3.63, 3.8) is 0 Å². The molecule has 2 aromatic carbocycles. The van der Waals surface area contributed by atoms with E-state index in [1.807, 2.05) is 37.3 Å². The van der Waals surface area contributed by atoms with Crippen LogP contribution in [-0.4, -0.2) is 22.8 Å². The van der Waals surface area contributed by atoms with Gasteiger partial charge in [-0.2, -0.15) is 0 Å². The summed E-state index contributed by atoms with van der Waals surface area (Å²) in [4.78, 5) is 10.9. The predicted octanol–water partition coefficient (Wildman–Crippen LogP) is 2.84. The number of hydrogen-bond donors (Lipinski definition) is 3. The van der Waals surface area contributed by atoms with Gasteiger partial charge in [-0.1, -0.05) is 30.3 Å². The van der Waals surface area contributed by atoms with E-state index >= 15 is 0 Å². The number of aliphatic hydroxyl groups is 1. The van der Waals surface area contributed by atoms with Crippen LogP contribution in [-0.2, 0) is 0 Å². The number of rotatable bonds is 5. The number of benzene rings is 2. The van der Waals surface area contributed by atoms with Crippen molar-refractivity contribution in [1.29, 1.82) is 0 Å². The SMILES string of the molecule is Cc1cc(C(=O)O)ccc1NC(CO)c1ccccc1. The molecule has 2 rings (SSSR count). The number of nitrogens with one attached hydrogen (secondary N) is 1. The summed E-state index contributed by atoms with van der Waals surface area (Å²) < 4.78 is 0. The summed E-state index contributed by atoms with van der Waals surface area (Å²) in [7, 11) is 0. The second-order valence-electron chi connectivity index (χ2n) is 4.63. The van der Waals surface area contributed by atoms with Crippen LogP contribution >= 0.6 is 0 Å². The van der Waals surface area contributed by atoms with Crippen molar-refractivity contribution in [1.82, 2.24) is 0 Å². The average molecular weight is 271 g/mol. The Labute approximate surface area is 117 Å². The van der Waals surface area contributed by atoms with Crippen LogP contribution in [0, 0.1) is 6.92 Å². The Hall–Kier alpha value is -2.33. The average Bonchev–Trinajstić information content (AvgIpc) is 2.46. The van der Waals surface area contributed by atoms with Crippen molar-refractivity contribution >= 4 is 11.7 Å². The Morgan fingerprint density at radius 2 is 1.90 bits per heavy atom. The highest BCUT2D eigenvalue weighted by molar-refractivity contribution is 5.88. The van der Waals surface area contributed by atoms with E-state index in [-0.39, 0.29) is 18.2 Å². The molecule has 0 aliphatic rings. The van der Waals surface area contributed by atoms with Gasteiger partial charge in [-0.25, -0.2) is 4.79 Å². The number of aryl methyl sites for hydroxylation is 1. The van der Waals surface area contributed by atoms with Gasteiger partial charge in [0, 0.05) is 5.69 Å². The molecule has 0 saturated heterocycles. The highest BCUT2D eigenvalue weighted by Gasteiger charge is 2.12. The molecule has 0 amide bonds. The molecular formula is C16H17NO3.